The average Bonchev–Trinajstić information content (AvgIpc) is 2.43. The molecule has 0 aliphatic carbocycles. The fourth-order valence-corrected chi connectivity index (χ4v) is 3.44. The molecule has 3 atom stereocenters. The summed E-state index contributed by atoms with van der Waals surface area (Å²) in [5.74, 6) is 0.703. The van der Waals surface area contributed by atoms with Crippen LogP contribution in [0.15, 0.2) is 0 Å². The summed E-state index contributed by atoms with van der Waals surface area (Å²) in [5.41, 5.74) is 0. The van der Waals surface area contributed by atoms with Gasteiger partial charge in [0.2, 0.25) is 0 Å². The van der Waals surface area contributed by atoms with Gasteiger partial charge in [0.15, 0.2) is 0 Å². The van der Waals surface area contributed by atoms with E-state index in [0.29, 0.717) is 18.0 Å². The maximum Gasteiger partial charge on any atom is 0.0509 e. The second kappa shape index (κ2) is 7.58. The van der Waals surface area contributed by atoms with Crippen LogP contribution < -0.4 is 5.32 Å². The van der Waals surface area contributed by atoms with Crippen molar-refractivity contribution in [3.05, 3.63) is 0 Å². The summed E-state index contributed by atoms with van der Waals surface area (Å²) in [5, 5.41) is 3.71. The van der Waals surface area contributed by atoms with Crippen LogP contribution in [-0.4, -0.2) is 75.4 Å². The summed E-state index contributed by atoms with van der Waals surface area (Å²) >= 11 is 0. The Morgan fingerprint density at radius 1 is 1.32 bits per heavy atom. The van der Waals surface area contributed by atoms with Crippen molar-refractivity contribution in [3.63, 3.8) is 0 Å². The minimum absolute atomic E-state index is 0.615. The Kier molecular flexibility index (Phi) is 6.07. The van der Waals surface area contributed by atoms with Gasteiger partial charge < -0.3 is 19.9 Å². The molecule has 0 aromatic rings. The predicted octanol–water partition coefficient (Wildman–Crippen LogP) is 1.03. The lowest BCUT2D eigenvalue weighted by molar-refractivity contribution is 0.0270. The lowest BCUT2D eigenvalue weighted by Gasteiger charge is -2.41. The Balaban J connectivity index is 1.90. The standard InChI is InChI=1S/C15H31N3O/c1-4-16-15(13-6-5-9-19-12-13)10-14-11-17(2)7-8-18(14)3/h13-16H,4-12H2,1-3H3. The third-order valence-corrected chi connectivity index (χ3v) is 4.74. The van der Waals surface area contributed by atoms with Crippen LogP contribution in [0.3, 0.4) is 0 Å². The fraction of sp³-hybridized carbons (Fsp3) is 1.00. The van der Waals surface area contributed by atoms with Gasteiger partial charge in [-0.2, -0.15) is 0 Å². The van der Waals surface area contributed by atoms with Crippen LogP contribution in [0.25, 0.3) is 0 Å². The highest BCUT2D eigenvalue weighted by Crippen LogP contribution is 2.23. The van der Waals surface area contributed by atoms with Gasteiger partial charge in [-0.05, 0) is 45.8 Å². The van der Waals surface area contributed by atoms with Crippen molar-refractivity contribution in [1.82, 2.24) is 15.1 Å². The predicted molar refractivity (Wildman–Crippen MR) is 79.5 cm³/mol. The molecule has 2 rings (SSSR count). The van der Waals surface area contributed by atoms with Gasteiger partial charge in [0.25, 0.3) is 0 Å². The van der Waals surface area contributed by atoms with E-state index >= 15 is 0 Å². The molecular formula is C15H31N3O. The van der Waals surface area contributed by atoms with Crippen LogP contribution in [0.1, 0.15) is 26.2 Å². The molecule has 2 saturated heterocycles. The van der Waals surface area contributed by atoms with E-state index in [1.165, 1.54) is 38.9 Å². The molecule has 0 bridgehead atoms. The zero-order valence-electron chi connectivity index (χ0n) is 12.9. The zero-order valence-corrected chi connectivity index (χ0v) is 12.9. The van der Waals surface area contributed by atoms with Crippen LogP contribution in [0, 0.1) is 5.92 Å². The van der Waals surface area contributed by atoms with Gasteiger partial charge in [0, 0.05) is 38.3 Å². The van der Waals surface area contributed by atoms with Gasteiger partial charge in [-0.25, -0.2) is 0 Å². The highest BCUT2D eigenvalue weighted by Gasteiger charge is 2.30. The number of hydrogen-bond acceptors (Lipinski definition) is 4. The second-order valence-corrected chi connectivity index (χ2v) is 6.27. The normalized spacial score (nSPS) is 32.4. The van der Waals surface area contributed by atoms with Gasteiger partial charge in [-0.15, -0.1) is 0 Å². The fourth-order valence-electron chi connectivity index (χ4n) is 3.44. The number of nitrogens with zero attached hydrogens (tertiary/aromatic N) is 2. The monoisotopic (exact) mass is 269 g/mol. The maximum atomic E-state index is 5.68. The summed E-state index contributed by atoms with van der Waals surface area (Å²) in [6, 6.07) is 1.30. The lowest BCUT2D eigenvalue weighted by Crippen LogP contribution is -2.53. The molecule has 0 radical (unpaired) electrons. The number of piperazine rings is 1. The summed E-state index contributed by atoms with van der Waals surface area (Å²) in [6.45, 7) is 8.78. The lowest BCUT2D eigenvalue weighted by atomic mass is 9.88. The van der Waals surface area contributed by atoms with E-state index in [0.717, 1.165) is 19.8 Å². The molecule has 1 N–H and O–H groups in total. The number of nitrogens with one attached hydrogen (secondary N) is 1. The molecule has 0 aromatic heterocycles. The van der Waals surface area contributed by atoms with E-state index in [1.807, 2.05) is 0 Å². The van der Waals surface area contributed by atoms with Crippen molar-refractivity contribution in [2.24, 2.45) is 5.92 Å². The van der Waals surface area contributed by atoms with Crippen molar-refractivity contribution >= 4 is 0 Å². The molecule has 3 unspecified atom stereocenters. The molecule has 0 spiro atoms. The van der Waals surface area contributed by atoms with E-state index in [-0.39, 0.29) is 0 Å². The molecule has 0 saturated carbocycles. The Morgan fingerprint density at radius 3 is 2.84 bits per heavy atom. The van der Waals surface area contributed by atoms with Crippen molar-refractivity contribution in [3.8, 4) is 0 Å². The van der Waals surface area contributed by atoms with Gasteiger partial charge in [-0.3, -0.25) is 0 Å². The molecule has 4 heteroatoms. The van der Waals surface area contributed by atoms with Crippen LogP contribution >= 0.6 is 0 Å². The average molecular weight is 269 g/mol. The van der Waals surface area contributed by atoms with Crippen molar-refractivity contribution in [2.75, 3.05) is 53.5 Å². The molecule has 2 fully saturated rings. The molecule has 0 aromatic carbocycles. The Hall–Kier alpha value is -0.160. The summed E-state index contributed by atoms with van der Waals surface area (Å²) in [6.07, 6.45) is 3.81. The van der Waals surface area contributed by atoms with Crippen LogP contribution in [0.5, 0.6) is 0 Å². The minimum Gasteiger partial charge on any atom is -0.381 e. The first-order valence-corrected chi connectivity index (χ1v) is 7.90. The highest BCUT2D eigenvalue weighted by atomic mass is 16.5. The zero-order chi connectivity index (χ0) is 13.7. The number of rotatable bonds is 5. The second-order valence-electron chi connectivity index (χ2n) is 6.27. The summed E-state index contributed by atoms with van der Waals surface area (Å²) in [7, 11) is 4.52. The minimum atomic E-state index is 0.615. The molecule has 2 aliphatic rings. The summed E-state index contributed by atoms with van der Waals surface area (Å²) < 4.78 is 5.68. The molecular weight excluding hydrogens is 238 g/mol. The van der Waals surface area contributed by atoms with Gasteiger partial charge in [0.1, 0.15) is 0 Å². The Morgan fingerprint density at radius 2 is 2.16 bits per heavy atom. The van der Waals surface area contributed by atoms with E-state index in [9.17, 15) is 0 Å². The molecule has 2 heterocycles. The topological polar surface area (TPSA) is 27.7 Å². The van der Waals surface area contributed by atoms with E-state index in [2.05, 4.69) is 36.1 Å². The molecule has 19 heavy (non-hydrogen) atoms. The van der Waals surface area contributed by atoms with Crippen LogP contribution in [0.4, 0.5) is 0 Å². The van der Waals surface area contributed by atoms with Gasteiger partial charge >= 0.3 is 0 Å². The SMILES string of the molecule is CCNC(CC1CN(C)CCN1C)C1CCCOC1. The van der Waals surface area contributed by atoms with E-state index in [4.69, 9.17) is 4.74 Å². The molecule has 0 amide bonds. The Bertz CT molecular complexity index is 256. The van der Waals surface area contributed by atoms with Crippen molar-refractivity contribution < 1.29 is 4.74 Å². The Labute approximate surface area is 118 Å². The maximum absolute atomic E-state index is 5.68. The first-order valence-electron chi connectivity index (χ1n) is 7.90. The van der Waals surface area contributed by atoms with Crippen molar-refractivity contribution in [1.29, 1.82) is 0 Å². The van der Waals surface area contributed by atoms with Crippen LogP contribution in [-0.2, 0) is 4.74 Å². The smallest absolute Gasteiger partial charge is 0.0509 e. The quantitative estimate of drug-likeness (QED) is 0.807. The van der Waals surface area contributed by atoms with E-state index < -0.39 is 0 Å². The number of ether oxygens (including phenoxy) is 1. The highest BCUT2D eigenvalue weighted by molar-refractivity contribution is 4.87. The third-order valence-electron chi connectivity index (χ3n) is 4.74. The summed E-state index contributed by atoms with van der Waals surface area (Å²) in [4.78, 5) is 5.00. The molecule has 112 valence electrons. The number of hydrogen-bond donors (Lipinski definition) is 1. The van der Waals surface area contributed by atoms with Gasteiger partial charge in [-0.1, -0.05) is 6.92 Å². The van der Waals surface area contributed by atoms with E-state index in [1.54, 1.807) is 0 Å². The molecule has 4 nitrogen and oxygen atoms in total. The van der Waals surface area contributed by atoms with Gasteiger partial charge in [0.05, 0.1) is 6.61 Å². The third kappa shape index (κ3) is 4.42. The largest absolute Gasteiger partial charge is 0.381 e. The molecule has 2 aliphatic heterocycles. The number of likely N-dealkylation sites (N-methyl/N-ethyl adjacent to an activating group) is 2. The first kappa shape index (κ1) is 15.2. The first-order chi connectivity index (χ1) is 9.20. The van der Waals surface area contributed by atoms with Crippen LogP contribution in [0.2, 0.25) is 0 Å². The van der Waals surface area contributed by atoms with Crippen molar-refractivity contribution in [2.45, 2.75) is 38.3 Å².